The molecule has 1 fully saturated rings. The topological polar surface area (TPSA) is 75.4 Å². The van der Waals surface area contributed by atoms with Gasteiger partial charge in [-0.3, -0.25) is 9.69 Å². The lowest BCUT2D eigenvalue weighted by atomic mass is 9.85. The van der Waals surface area contributed by atoms with Crippen LogP contribution in [0.2, 0.25) is 0 Å². The fourth-order valence-corrected chi connectivity index (χ4v) is 2.89. The molecule has 5 heteroatoms. The van der Waals surface area contributed by atoms with Crippen molar-refractivity contribution in [2.45, 2.75) is 45.6 Å². The van der Waals surface area contributed by atoms with Gasteiger partial charge in [0.2, 0.25) is 0 Å². The molecule has 5 nitrogen and oxygen atoms in total. The molecule has 0 aliphatic carbocycles. The van der Waals surface area contributed by atoms with Gasteiger partial charge in [-0.25, -0.2) is 4.79 Å². The Balaban J connectivity index is 2.32. The van der Waals surface area contributed by atoms with Gasteiger partial charge in [-0.15, -0.1) is 0 Å². The van der Waals surface area contributed by atoms with Gasteiger partial charge in [0.05, 0.1) is 0 Å². The normalized spacial score (nSPS) is 21.4. The van der Waals surface area contributed by atoms with Crippen LogP contribution in [0.5, 0.6) is 0 Å². The lowest BCUT2D eigenvalue weighted by Crippen LogP contribution is -2.43. The summed E-state index contributed by atoms with van der Waals surface area (Å²) in [5.74, 6) is -0.153. The van der Waals surface area contributed by atoms with Crippen LogP contribution in [-0.4, -0.2) is 29.9 Å². The first-order valence-corrected chi connectivity index (χ1v) is 7.88. The number of aryl methyl sites for hydroxylation is 2. The number of imide groups is 1. The van der Waals surface area contributed by atoms with E-state index in [0.29, 0.717) is 19.5 Å². The van der Waals surface area contributed by atoms with Gasteiger partial charge in [-0.05, 0) is 56.3 Å². The molecule has 0 radical (unpaired) electrons. The highest BCUT2D eigenvalue weighted by atomic mass is 16.2. The highest BCUT2D eigenvalue weighted by molar-refractivity contribution is 6.07. The van der Waals surface area contributed by atoms with Crippen molar-refractivity contribution in [3.63, 3.8) is 0 Å². The molecule has 1 aliphatic heterocycles. The van der Waals surface area contributed by atoms with Crippen molar-refractivity contribution >= 4 is 11.9 Å². The Hall–Kier alpha value is -1.88. The van der Waals surface area contributed by atoms with E-state index < -0.39 is 5.54 Å². The fraction of sp³-hybridized carbons (Fsp3) is 0.529. The largest absolute Gasteiger partial charge is 0.330 e. The third-order valence-electron chi connectivity index (χ3n) is 4.54. The molecule has 1 atom stereocenters. The molecule has 120 valence electrons. The van der Waals surface area contributed by atoms with Gasteiger partial charge >= 0.3 is 6.03 Å². The minimum Gasteiger partial charge on any atom is -0.330 e. The van der Waals surface area contributed by atoms with E-state index in [0.717, 1.165) is 24.0 Å². The average Bonchev–Trinajstić information content (AvgIpc) is 2.75. The number of rotatable bonds is 6. The van der Waals surface area contributed by atoms with Gasteiger partial charge in [0.25, 0.3) is 5.91 Å². The minimum atomic E-state index is -0.932. The lowest BCUT2D eigenvalue weighted by molar-refractivity contribution is -0.131. The van der Waals surface area contributed by atoms with E-state index in [-0.39, 0.29) is 11.9 Å². The van der Waals surface area contributed by atoms with Gasteiger partial charge in [0, 0.05) is 6.54 Å². The summed E-state index contributed by atoms with van der Waals surface area (Å²) in [5, 5.41) is 2.91. The maximum absolute atomic E-state index is 12.9. The molecule has 1 aromatic carbocycles. The van der Waals surface area contributed by atoms with Crippen LogP contribution in [-0.2, 0) is 10.3 Å². The Bertz CT molecular complexity index is 585. The van der Waals surface area contributed by atoms with E-state index in [2.05, 4.69) is 5.32 Å². The highest BCUT2D eigenvalue weighted by Gasteiger charge is 2.50. The molecule has 3 amide bonds. The molecule has 1 aromatic rings. The van der Waals surface area contributed by atoms with Gasteiger partial charge in [-0.1, -0.05) is 25.1 Å². The van der Waals surface area contributed by atoms with Crippen molar-refractivity contribution in [3.05, 3.63) is 34.9 Å². The van der Waals surface area contributed by atoms with Crippen LogP contribution in [0.1, 0.15) is 42.9 Å². The molecule has 22 heavy (non-hydrogen) atoms. The van der Waals surface area contributed by atoms with Crippen molar-refractivity contribution in [1.82, 2.24) is 10.2 Å². The van der Waals surface area contributed by atoms with Crippen LogP contribution in [0.25, 0.3) is 0 Å². The molecule has 0 bridgehead atoms. The van der Waals surface area contributed by atoms with Crippen LogP contribution in [0.4, 0.5) is 4.79 Å². The van der Waals surface area contributed by atoms with Crippen molar-refractivity contribution in [1.29, 1.82) is 0 Å². The van der Waals surface area contributed by atoms with Gasteiger partial charge in [0.1, 0.15) is 5.54 Å². The minimum absolute atomic E-state index is 0.153. The second-order valence-electron chi connectivity index (χ2n) is 5.94. The number of benzene rings is 1. The summed E-state index contributed by atoms with van der Waals surface area (Å²) in [7, 11) is 0. The Morgan fingerprint density at radius 1 is 1.18 bits per heavy atom. The number of nitrogens with one attached hydrogen (secondary N) is 1. The zero-order chi connectivity index (χ0) is 16.3. The highest BCUT2D eigenvalue weighted by Crippen LogP contribution is 2.33. The predicted molar refractivity (Wildman–Crippen MR) is 86.4 cm³/mol. The number of nitrogens with zero attached hydrogens (tertiary/aromatic N) is 1. The monoisotopic (exact) mass is 303 g/mol. The van der Waals surface area contributed by atoms with Crippen LogP contribution < -0.4 is 11.1 Å². The van der Waals surface area contributed by atoms with E-state index in [4.69, 9.17) is 5.73 Å². The van der Waals surface area contributed by atoms with E-state index in [1.54, 1.807) is 0 Å². The molecular formula is C17H25N3O2. The van der Waals surface area contributed by atoms with Crippen LogP contribution in [0, 0.1) is 13.8 Å². The van der Waals surface area contributed by atoms with Gasteiger partial charge < -0.3 is 11.1 Å². The first-order chi connectivity index (χ1) is 10.5. The molecule has 0 saturated carbocycles. The smallest absolute Gasteiger partial charge is 0.325 e. The third kappa shape index (κ3) is 2.73. The lowest BCUT2D eigenvalue weighted by Gasteiger charge is -2.26. The molecular weight excluding hydrogens is 278 g/mol. The van der Waals surface area contributed by atoms with Crippen LogP contribution in [0.15, 0.2) is 18.2 Å². The number of hydrogen-bond donors (Lipinski definition) is 2. The summed E-state index contributed by atoms with van der Waals surface area (Å²) in [6, 6.07) is 5.63. The molecule has 1 saturated heterocycles. The summed E-state index contributed by atoms with van der Waals surface area (Å²) in [6.45, 7) is 6.97. The Labute approximate surface area is 131 Å². The van der Waals surface area contributed by atoms with E-state index in [1.807, 2.05) is 39.0 Å². The van der Waals surface area contributed by atoms with Gasteiger partial charge in [-0.2, -0.15) is 0 Å². The second-order valence-corrected chi connectivity index (χ2v) is 5.94. The number of carbonyl (C=O) groups excluding carboxylic acids is 2. The number of urea groups is 1. The fourth-order valence-electron chi connectivity index (χ4n) is 2.89. The molecule has 2 rings (SSSR count). The number of amides is 3. The van der Waals surface area contributed by atoms with E-state index in [1.165, 1.54) is 10.5 Å². The number of carbonyl (C=O) groups is 2. The summed E-state index contributed by atoms with van der Waals surface area (Å²) >= 11 is 0. The van der Waals surface area contributed by atoms with Crippen LogP contribution >= 0.6 is 0 Å². The molecule has 0 spiro atoms. The zero-order valence-corrected chi connectivity index (χ0v) is 13.6. The van der Waals surface area contributed by atoms with E-state index >= 15 is 0 Å². The predicted octanol–water partition coefficient (Wildman–Crippen LogP) is 2.20. The average molecular weight is 303 g/mol. The van der Waals surface area contributed by atoms with Gasteiger partial charge in [0.15, 0.2) is 0 Å². The zero-order valence-electron chi connectivity index (χ0n) is 13.6. The first-order valence-electron chi connectivity index (χ1n) is 7.88. The molecule has 1 unspecified atom stereocenters. The quantitative estimate of drug-likeness (QED) is 0.625. The summed E-state index contributed by atoms with van der Waals surface area (Å²) in [4.78, 5) is 26.4. The molecule has 3 N–H and O–H groups in total. The Morgan fingerprint density at radius 3 is 2.50 bits per heavy atom. The summed E-state index contributed by atoms with van der Waals surface area (Å²) < 4.78 is 0. The Morgan fingerprint density at radius 2 is 1.91 bits per heavy atom. The molecule has 1 aliphatic rings. The van der Waals surface area contributed by atoms with Crippen molar-refractivity contribution < 1.29 is 9.59 Å². The number of hydrogen-bond acceptors (Lipinski definition) is 3. The maximum atomic E-state index is 12.9. The molecule has 1 heterocycles. The number of nitrogens with two attached hydrogens (primary N) is 1. The molecule has 0 aromatic heterocycles. The van der Waals surface area contributed by atoms with E-state index in [9.17, 15) is 9.59 Å². The summed E-state index contributed by atoms with van der Waals surface area (Å²) in [5.41, 5.74) is 7.70. The first kappa shape index (κ1) is 16.5. The third-order valence-corrected chi connectivity index (χ3v) is 4.54. The van der Waals surface area contributed by atoms with Crippen molar-refractivity contribution in [3.8, 4) is 0 Å². The number of unbranched alkanes of at least 4 members (excludes halogenated alkanes) is 1. The second kappa shape index (κ2) is 6.48. The Kier molecular flexibility index (Phi) is 4.86. The van der Waals surface area contributed by atoms with Crippen molar-refractivity contribution in [2.24, 2.45) is 5.73 Å². The SMILES string of the molecule is CCC1(c2ccc(C)c(C)c2)NC(=O)N(CCCCN)C1=O. The summed E-state index contributed by atoms with van der Waals surface area (Å²) in [6.07, 6.45) is 2.08. The van der Waals surface area contributed by atoms with Crippen molar-refractivity contribution in [2.75, 3.05) is 13.1 Å². The van der Waals surface area contributed by atoms with Crippen LogP contribution in [0.3, 0.4) is 0 Å². The maximum Gasteiger partial charge on any atom is 0.325 e. The standard InChI is InChI=1S/C17H25N3O2/c1-4-17(14-8-7-12(2)13(3)11-14)15(21)20(16(22)19-17)10-6-5-9-18/h7-8,11H,4-6,9-10,18H2,1-3H3,(H,19,22).